The molecule has 3 amide bonds. The molecule has 19 nitrogen and oxygen atoms in total. The number of nitrogens with two attached hydrogens (primary N) is 2. The fourth-order valence-electron chi connectivity index (χ4n) is 9.20. The molecule has 5 aromatic rings. The zero-order valence-electron chi connectivity index (χ0n) is 41.9. The van der Waals surface area contributed by atoms with Crippen LogP contribution in [-0.4, -0.2) is 137 Å². The first-order valence-corrected chi connectivity index (χ1v) is 25.5. The van der Waals surface area contributed by atoms with Gasteiger partial charge < -0.3 is 55.8 Å². The summed E-state index contributed by atoms with van der Waals surface area (Å²) in [5.41, 5.74) is 18.3. The molecule has 0 radical (unpaired) electrons. The van der Waals surface area contributed by atoms with Crippen molar-refractivity contribution in [2.45, 2.75) is 103 Å². The van der Waals surface area contributed by atoms with Crippen molar-refractivity contribution in [1.82, 2.24) is 29.6 Å². The lowest BCUT2D eigenvalue weighted by Gasteiger charge is -2.34. The number of β-amino-alcohol motifs (C(OH)–C–C–N with tert-alkyl or cyclic N) is 1. The number of fused-ring (bicyclic) bond motifs is 1. The molecule has 1 saturated carbocycles. The summed E-state index contributed by atoms with van der Waals surface area (Å²) in [7, 11) is 1.56. The molecule has 0 bridgehead atoms. The Labute approximate surface area is 424 Å². The number of aliphatic hydroxyl groups excluding tert-OH is 1. The molecule has 0 spiro atoms. The van der Waals surface area contributed by atoms with Gasteiger partial charge in [0.15, 0.2) is 11.4 Å². The van der Waals surface area contributed by atoms with Gasteiger partial charge >= 0.3 is 0 Å². The van der Waals surface area contributed by atoms with E-state index in [2.05, 4.69) is 20.6 Å². The minimum atomic E-state index is -0.860. The van der Waals surface area contributed by atoms with Crippen LogP contribution in [0.5, 0.6) is 11.5 Å². The van der Waals surface area contributed by atoms with Crippen molar-refractivity contribution in [3.05, 3.63) is 88.4 Å². The number of anilines is 1. The molecular formula is C52H69N9O10S. The first kappa shape index (κ1) is 53.8. The number of nitrogens with one attached hydrogen (secondary N) is 2. The van der Waals surface area contributed by atoms with Gasteiger partial charge in [0, 0.05) is 68.8 Å². The number of hydrogen-bond donors (Lipinski definition) is 5. The Bertz CT molecular complexity index is 2630. The van der Waals surface area contributed by atoms with Gasteiger partial charge in [-0.2, -0.15) is 0 Å². The van der Waals surface area contributed by atoms with E-state index in [9.17, 15) is 24.3 Å². The van der Waals surface area contributed by atoms with Gasteiger partial charge in [-0.15, -0.1) is 11.3 Å². The molecule has 1 aliphatic heterocycles. The molecule has 7 N–H and O–H groups in total. The number of ketones is 1. The lowest BCUT2D eigenvalue weighted by atomic mass is 9.77. The van der Waals surface area contributed by atoms with Gasteiger partial charge in [0.2, 0.25) is 17.8 Å². The summed E-state index contributed by atoms with van der Waals surface area (Å²) >= 11 is 1.57. The average Bonchev–Trinajstić information content (AvgIpc) is 4.12. The maximum Gasteiger partial charge on any atom is 0.254 e. The monoisotopic (exact) mass is 1010 g/mol. The van der Waals surface area contributed by atoms with Crippen LogP contribution in [-0.2, 0) is 41.6 Å². The summed E-state index contributed by atoms with van der Waals surface area (Å²) in [6.45, 7) is 9.18. The Balaban J connectivity index is 0.807. The van der Waals surface area contributed by atoms with Crippen molar-refractivity contribution >= 4 is 46.4 Å². The Morgan fingerprint density at radius 2 is 1.64 bits per heavy atom. The van der Waals surface area contributed by atoms with Crippen LogP contribution < -0.4 is 31.6 Å². The van der Waals surface area contributed by atoms with E-state index in [1.54, 1.807) is 41.3 Å². The van der Waals surface area contributed by atoms with Gasteiger partial charge in [-0.1, -0.05) is 57.9 Å². The van der Waals surface area contributed by atoms with Crippen molar-refractivity contribution < 1.29 is 48.0 Å². The van der Waals surface area contributed by atoms with E-state index in [4.69, 9.17) is 40.1 Å². The number of imidazole rings is 1. The fourth-order valence-corrected chi connectivity index (χ4v) is 10.0. The number of carbonyl (C=O) groups excluding carboxylic acids is 4. The third-order valence-electron chi connectivity index (χ3n) is 13.1. The van der Waals surface area contributed by atoms with Crippen molar-refractivity contribution in [3.63, 3.8) is 0 Å². The first-order valence-electron chi connectivity index (χ1n) is 24.6. The standard InChI is InChI=1S/C52H69N9O10S/c1-32-46(72-31-57-32)35-12-10-33(11-13-35)28-56-49(65)44-26-36(62)29-61(44)50(66)40(52(2,3)4)25-37(63)30-70-19-18-68-16-17-69-20-21-71-39-23-34(22-38(27-39)67-5)24-43-45(47(54)64)48-55-14-15-60(48)51(59-43)58-42-9-7-6-8-41(42)53/h10-15,22-23,27,31,36,40-42,44,62H,6-9,16-21,24-26,28-30,53H2,1-5H3,(H2,54,64)(H,56,65)(H,58,59)/t36-,40-,41-,42+,44+/m1/s1. The van der Waals surface area contributed by atoms with Gasteiger partial charge in [-0.05, 0) is 54.0 Å². The van der Waals surface area contributed by atoms with E-state index in [0.717, 1.165) is 52.9 Å². The number of nitrogens with zero attached hydrogens (tertiary/aromatic N) is 5. The van der Waals surface area contributed by atoms with Crippen LogP contribution in [0.2, 0.25) is 0 Å². The summed E-state index contributed by atoms with van der Waals surface area (Å²) in [6, 6.07) is 12.5. The number of aromatic nitrogens is 4. The number of methoxy groups -OCH3 is 1. The Morgan fingerprint density at radius 3 is 2.32 bits per heavy atom. The normalized spacial score (nSPS) is 18.5. The summed E-state index contributed by atoms with van der Waals surface area (Å²) < 4.78 is 30.3. The average molecular weight is 1010 g/mol. The summed E-state index contributed by atoms with van der Waals surface area (Å²) in [6.07, 6.45) is 6.77. The molecule has 5 atom stereocenters. The van der Waals surface area contributed by atoms with Crippen LogP contribution in [0, 0.1) is 18.3 Å². The van der Waals surface area contributed by atoms with Gasteiger partial charge in [-0.25, -0.2) is 15.0 Å². The number of Topliss-reactive ketones (excluding diaryl/α,β-unsaturated/α-hetero) is 1. The molecule has 0 unspecified atom stereocenters. The Kier molecular flexibility index (Phi) is 18.7. The van der Waals surface area contributed by atoms with E-state index in [1.807, 2.05) is 69.6 Å². The summed E-state index contributed by atoms with van der Waals surface area (Å²) in [5, 5.41) is 17.0. The second kappa shape index (κ2) is 25.1. The highest BCUT2D eigenvalue weighted by Crippen LogP contribution is 2.34. The van der Waals surface area contributed by atoms with Crippen LogP contribution in [0.3, 0.4) is 0 Å². The topological polar surface area (TPSA) is 257 Å². The number of carbonyl (C=O) groups is 4. The number of thiazole rings is 1. The SMILES string of the molecule is COc1cc(Cc2nc(N[C@H]3CCCC[C@H]3N)n3ccnc3c2C(N)=O)cc(OCCOCCOCCOCC(=O)C[C@H](C(=O)N2C[C@H](O)C[C@H]2C(=O)NCc2ccc(-c3scnc3C)cc2)C(C)(C)C)c1. The van der Waals surface area contributed by atoms with Crippen molar-refractivity contribution in [3.8, 4) is 21.9 Å². The van der Waals surface area contributed by atoms with E-state index in [1.165, 1.54) is 4.90 Å². The molecule has 388 valence electrons. The number of hydrogen-bond acceptors (Lipinski definition) is 16. The predicted octanol–water partition coefficient (Wildman–Crippen LogP) is 4.87. The molecule has 2 aromatic carbocycles. The highest BCUT2D eigenvalue weighted by atomic mass is 32.1. The maximum absolute atomic E-state index is 14.0. The van der Waals surface area contributed by atoms with E-state index in [0.29, 0.717) is 35.4 Å². The molecule has 3 aromatic heterocycles. The number of aliphatic hydroxyl groups is 1. The number of aryl methyl sites for hydroxylation is 1. The largest absolute Gasteiger partial charge is 0.497 e. The first-order chi connectivity index (χ1) is 34.6. The quantitative estimate of drug-likeness (QED) is 0.0489. The van der Waals surface area contributed by atoms with Gasteiger partial charge in [-0.3, -0.25) is 23.6 Å². The minimum absolute atomic E-state index is 0.00982. The van der Waals surface area contributed by atoms with Crippen molar-refractivity contribution in [1.29, 1.82) is 0 Å². The number of ether oxygens (including phenoxy) is 5. The van der Waals surface area contributed by atoms with E-state index in [-0.39, 0.29) is 107 Å². The molecule has 7 rings (SSSR count). The highest BCUT2D eigenvalue weighted by Gasteiger charge is 2.44. The van der Waals surface area contributed by atoms with E-state index < -0.39 is 29.4 Å². The molecule has 1 saturated heterocycles. The zero-order chi connectivity index (χ0) is 51.4. The van der Waals surface area contributed by atoms with E-state index >= 15 is 0 Å². The van der Waals surface area contributed by atoms with Crippen LogP contribution in [0.4, 0.5) is 5.95 Å². The highest BCUT2D eigenvalue weighted by molar-refractivity contribution is 7.13. The fraction of sp³-hybridized carbons (Fsp3) is 0.519. The molecule has 2 fully saturated rings. The number of benzene rings is 2. The summed E-state index contributed by atoms with van der Waals surface area (Å²) in [5.74, 6) is -0.679. The smallest absolute Gasteiger partial charge is 0.254 e. The Hall–Kier alpha value is -6.03. The predicted molar refractivity (Wildman–Crippen MR) is 272 cm³/mol. The second-order valence-electron chi connectivity index (χ2n) is 19.5. The second-order valence-corrected chi connectivity index (χ2v) is 20.4. The number of primary amides is 1. The van der Waals surface area contributed by atoms with Crippen molar-refractivity contribution in [2.75, 3.05) is 65.2 Å². The summed E-state index contributed by atoms with van der Waals surface area (Å²) in [4.78, 5) is 69.6. The lowest BCUT2D eigenvalue weighted by Crippen LogP contribution is -2.50. The van der Waals surface area contributed by atoms with Crippen LogP contribution in [0.1, 0.15) is 92.2 Å². The van der Waals surface area contributed by atoms with Crippen LogP contribution in [0.15, 0.2) is 60.4 Å². The number of likely N-dealkylation sites (tertiary alicyclic amines) is 1. The minimum Gasteiger partial charge on any atom is -0.497 e. The molecule has 72 heavy (non-hydrogen) atoms. The van der Waals surface area contributed by atoms with Crippen molar-refractivity contribution in [2.24, 2.45) is 22.8 Å². The molecular weight excluding hydrogens is 943 g/mol. The maximum atomic E-state index is 14.0. The Morgan fingerprint density at radius 1 is 0.931 bits per heavy atom. The molecule has 2 aliphatic rings. The third kappa shape index (κ3) is 14.1. The third-order valence-corrected chi connectivity index (χ3v) is 14.1. The number of amides is 3. The number of rotatable bonds is 25. The van der Waals surface area contributed by atoms with Gasteiger partial charge in [0.1, 0.15) is 36.3 Å². The lowest BCUT2D eigenvalue weighted by molar-refractivity contribution is -0.146. The molecule has 4 heterocycles. The molecule has 1 aliphatic carbocycles. The van der Waals surface area contributed by atoms with Gasteiger partial charge in [0.05, 0.1) is 68.0 Å². The van der Waals surface area contributed by atoms with Crippen LogP contribution in [0.25, 0.3) is 16.1 Å². The molecule has 20 heteroatoms. The van der Waals surface area contributed by atoms with Crippen LogP contribution >= 0.6 is 11.3 Å². The van der Waals surface area contributed by atoms with Gasteiger partial charge in [0.25, 0.3) is 5.91 Å². The zero-order valence-corrected chi connectivity index (χ0v) is 42.7.